The zero-order chi connectivity index (χ0) is 21.5. The number of aliphatic carboxylic acids is 1. The van der Waals surface area contributed by atoms with Crippen LogP contribution in [0.4, 0.5) is 0 Å². The first-order chi connectivity index (χ1) is 14.3. The van der Waals surface area contributed by atoms with Crippen molar-refractivity contribution in [1.82, 2.24) is 14.3 Å². The van der Waals surface area contributed by atoms with Crippen LogP contribution in [0.5, 0.6) is 0 Å². The van der Waals surface area contributed by atoms with Crippen molar-refractivity contribution in [2.75, 3.05) is 13.2 Å². The molecule has 2 aromatic heterocycles. The number of aromatic amines is 2. The summed E-state index contributed by atoms with van der Waals surface area (Å²) in [4.78, 5) is 29.1. The van der Waals surface area contributed by atoms with E-state index in [0.717, 1.165) is 18.4 Å². The summed E-state index contributed by atoms with van der Waals surface area (Å²) in [6.45, 7) is -0.219. The highest BCUT2D eigenvalue weighted by molar-refractivity contribution is 7.89. The highest BCUT2D eigenvalue weighted by Gasteiger charge is 2.37. The molecular weight excluding hydrogens is 410 g/mol. The van der Waals surface area contributed by atoms with Gasteiger partial charge in [-0.1, -0.05) is 0 Å². The molecule has 9 nitrogen and oxygen atoms in total. The standard InChI is InChI=1S/C20H23N3O6S/c24-9-8-23(13-4-5-13)30(28,29)14-6-7-16-15(10-14)18-12(2-1-3-17(25)26)11-21-19(18)20(27)22-16/h6-7,10-11,13,21,24H,1-5,8-9H2,(H,22,27)(H,25,26). The number of aryl methyl sites for hydroxylation is 1. The molecule has 1 aliphatic rings. The van der Waals surface area contributed by atoms with E-state index in [1.165, 1.54) is 10.4 Å². The van der Waals surface area contributed by atoms with Gasteiger partial charge in [0.05, 0.1) is 11.5 Å². The quantitative estimate of drug-likeness (QED) is 0.403. The molecule has 0 radical (unpaired) electrons. The Labute approximate surface area is 172 Å². The van der Waals surface area contributed by atoms with E-state index in [1.807, 2.05) is 0 Å². The number of carbonyl (C=O) groups is 1. The average molecular weight is 433 g/mol. The van der Waals surface area contributed by atoms with Crippen molar-refractivity contribution in [3.63, 3.8) is 0 Å². The molecule has 0 spiro atoms. The van der Waals surface area contributed by atoms with E-state index in [1.54, 1.807) is 18.3 Å². The lowest BCUT2D eigenvalue weighted by atomic mass is 10.0. The van der Waals surface area contributed by atoms with Crippen LogP contribution < -0.4 is 5.56 Å². The van der Waals surface area contributed by atoms with Gasteiger partial charge in [-0.2, -0.15) is 4.31 Å². The van der Waals surface area contributed by atoms with Crippen LogP contribution in [0.2, 0.25) is 0 Å². The van der Waals surface area contributed by atoms with E-state index in [9.17, 15) is 23.1 Å². The maximum atomic E-state index is 13.2. The van der Waals surface area contributed by atoms with Crippen molar-refractivity contribution < 1.29 is 23.4 Å². The van der Waals surface area contributed by atoms with Crippen LogP contribution in [-0.2, 0) is 21.2 Å². The molecule has 0 amide bonds. The van der Waals surface area contributed by atoms with Gasteiger partial charge in [-0.05, 0) is 49.4 Å². The number of hydrogen-bond acceptors (Lipinski definition) is 5. The summed E-state index contributed by atoms with van der Waals surface area (Å²) in [6.07, 6.45) is 4.07. The van der Waals surface area contributed by atoms with Crippen molar-refractivity contribution in [3.8, 4) is 0 Å². The average Bonchev–Trinajstić information content (AvgIpc) is 3.44. The third kappa shape index (κ3) is 3.73. The van der Waals surface area contributed by atoms with E-state index >= 15 is 0 Å². The number of sulfonamides is 1. The van der Waals surface area contributed by atoms with Gasteiger partial charge in [-0.15, -0.1) is 0 Å². The molecule has 1 aromatic carbocycles. The van der Waals surface area contributed by atoms with Gasteiger partial charge in [-0.3, -0.25) is 9.59 Å². The monoisotopic (exact) mass is 433 g/mol. The van der Waals surface area contributed by atoms with E-state index in [-0.39, 0.29) is 36.1 Å². The van der Waals surface area contributed by atoms with Crippen molar-refractivity contribution >= 4 is 37.8 Å². The highest BCUT2D eigenvalue weighted by atomic mass is 32.2. The number of carboxylic acids is 1. The van der Waals surface area contributed by atoms with Gasteiger partial charge >= 0.3 is 5.97 Å². The maximum absolute atomic E-state index is 13.2. The molecule has 3 aromatic rings. The highest BCUT2D eigenvalue weighted by Crippen LogP contribution is 2.34. The van der Waals surface area contributed by atoms with Gasteiger partial charge in [-0.25, -0.2) is 8.42 Å². The Morgan fingerprint density at radius 3 is 2.70 bits per heavy atom. The van der Waals surface area contributed by atoms with Crippen LogP contribution in [0.25, 0.3) is 21.8 Å². The smallest absolute Gasteiger partial charge is 0.303 e. The number of aliphatic hydroxyl groups excluding tert-OH is 1. The topological polar surface area (TPSA) is 144 Å². The summed E-state index contributed by atoms with van der Waals surface area (Å²) in [6, 6.07) is 4.49. The van der Waals surface area contributed by atoms with Crippen LogP contribution in [-0.4, -0.2) is 58.1 Å². The van der Waals surface area contributed by atoms with Gasteiger partial charge in [0.15, 0.2) is 0 Å². The van der Waals surface area contributed by atoms with Crippen LogP contribution in [0.3, 0.4) is 0 Å². The minimum Gasteiger partial charge on any atom is -0.481 e. The normalized spacial score (nSPS) is 14.7. The second-order valence-corrected chi connectivity index (χ2v) is 9.43. The number of fused-ring (bicyclic) bond motifs is 3. The fourth-order valence-electron chi connectivity index (χ4n) is 3.86. The first kappa shape index (κ1) is 20.6. The fraction of sp³-hybridized carbons (Fsp3) is 0.400. The first-order valence-corrected chi connectivity index (χ1v) is 11.3. The van der Waals surface area contributed by atoms with Crippen LogP contribution in [0.15, 0.2) is 34.1 Å². The van der Waals surface area contributed by atoms with Crippen molar-refractivity contribution in [3.05, 3.63) is 40.3 Å². The Morgan fingerprint density at radius 1 is 1.27 bits per heavy atom. The predicted octanol–water partition coefficient (Wildman–Crippen LogP) is 1.56. The molecule has 30 heavy (non-hydrogen) atoms. The second kappa shape index (κ2) is 7.86. The summed E-state index contributed by atoms with van der Waals surface area (Å²) in [5.41, 5.74) is 1.28. The SMILES string of the molecule is O=C(O)CCCc1c[nH]c2c(=O)[nH]c3ccc(S(=O)(=O)N(CCO)C4CC4)cc3c12. The summed E-state index contributed by atoms with van der Waals surface area (Å²) >= 11 is 0. The van der Waals surface area contributed by atoms with Crippen LogP contribution in [0, 0.1) is 0 Å². The number of H-pyrrole nitrogens is 2. The van der Waals surface area contributed by atoms with Crippen molar-refractivity contribution in [2.45, 2.75) is 43.0 Å². The first-order valence-electron chi connectivity index (χ1n) is 9.83. The largest absolute Gasteiger partial charge is 0.481 e. The molecule has 160 valence electrons. The molecule has 4 N–H and O–H groups in total. The molecular formula is C20H23N3O6S. The molecule has 0 unspecified atom stereocenters. The van der Waals surface area contributed by atoms with E-state index in [4.69, 9.17) is 5.11 Å². The van der Waals surface area contributed by atoms with Crippen molar-refractivity contribution in [1.29, 1.82) is 0 Å². The van der Waals surface area contributed by atoms with E-state index in [2.05, 4.69) is 9.97 Å². The lowest BCUT2D eigenvalue weighted by Crippen LogP contribution is -2.35. The minimum absolute atomic E-state index is 0.00489. The van der Waals surface area contributed by atoms with Crippen molar-refractivity contribution in [2.24, 2.45) is 0 Å². The fourth-order valence-corrected chi connectivity index (χ4v) is 5.56. The second-order valence-electron chi connectivity index (χ2n) is 7.54. The number of benzene rings is 1. The number of carboxylic acid groups (broad SMARTS) is 1. The van der Waals surface area contributed by atoms with E-state index in [0.29, 0.717) is 34.6 Å². The lowest BCUT2D eigenvalue weighted by molar-refractivity contribution is -0.137. The van der Waals surface area contributed by atoms with Gasteiger partial charge in [0.2, 0.25) is 10.0 Å². The van der Waals surface area contributed by atoms with Gasteiger partial charge < -0.3 is 20.2 Å². The molecule has 1 fully saturated rings. The van der Waals surface area contributed by atoms with E-state index < -0.39 is 16.0 Å². The zero-order valence-electron chi connectivity index (χ0n) is 16.2. The third-order valence-electron chi connectivity index (χ3n) is 5.42. The predicted molar refractivity (Wildman–Crippen MR) is 111 cm³/mol. The van der Waals surface area contributed by atoms with Gasteiger partial charge in [0, 0.05) is 41.5 Å². The Hall–Kier alpha value is -2.69. The number of rotatable bonds is 9. The molecule has 0 aliphatic heterocycles. The number of pyridine rings is 1. The molecule has 0 saturated heterocycles. The number of aromatic nitrogens is 2. The zero-order valence-corrected chi connectivity index (χ0v) is 17.0. The molecule has 1 aliphatic carbocycles. The summed E-state index contributed by atoms with van der Waals surface area (Å²) in [7, 11) is -3.80. The Bertz CT molecular complexity index is 1270. The Kier molecular flexibility index (Phi) is 5.39. The maximum Gasteiger partial charge on any atom is 0.303 e. The molecule has 0 atom stereocenters. The summed E-state index contributed by atoms with van der Waals surface area (Å²) < 4.78 is 27.7. The lowest BCUT2D eigenvalue weighted by Gasteiger charge is -2.21. The number of nitrogens with zero attached hydrogens (tertiary/aromatic N) is 1. The third-order valence-corrected chi connectivity index (χ3v) is 7.36. The minimum atomic E-state index is -3.80. The summed E-state index contributed by atoms with van der Waals surface area (Å²) in [5, 5.41) is 19.4. The Balaban J connectivity index is 1.83. The molecule has 1 saturated carbocycles. The van der Waals surface area contributed by atoms with Gasteiger partial charge in [0.25, 0.3) is 5.56 Å². The Morgan fingerprint density at radius 2 is 2.03 bits per heavy atom. The number of aliphatic hydroxyl groups is 1. The van der Waals surface area contributed by atoms with Crippen LogP contribution >= 0.6 is 0 Å². The number of hydrogen-bond donors (Lipinski definition) is 4. The molecule has 0 bridgehead atoms. The summed E-state index contributed by atoms with van der Waals surface area (Å²) in [5.74, 6) is -0.894. The molecule has 4 rings (SSSR count). The molecule has 10 heteroatoms. The molecule has 2 heterocycles. The van der Waals surface area contributed by atoms with Crippen LogP contribution in [0.1, 0.15) is 31.2 Å². The number of nitrogens with one attached hydrogen (secondary N) is 2. The van der Waals surface area contributed by atoms with Gasteiger partial charge in [0.1, 0.15) is 5.52 Å².